The molecular formula is C21H22ClFN4O3. The SMILES string of the molecule is [2H]C1([2H])OC([2H])([2H])C([2H])([2H])N(CCCOc2cc3c(Nc4ccc(F)c(Cl)c4)ncnc3cc2O)C1([2H])[2H]. The van der Waals surface area contributed by atoms with Gasteiger partial charge in [-0.3, -0.25) is 4.90 Å². The van der Waals surface area contributed by atoms with Crippen molar-refractivity contribution in [1.82, 2.24) is 14.9 Å². The molecule has 0 radical (unpaired) electrons. The number of aromatic hydroxyl groups is 1. The predicted octanol–water partition coefficient (Wildman–Crippen LogP) is 3.97. The molecule has 1 fully saturated rings. The van der Waals surface area contributed by atoms with E-state index in [1.165, 1.54) is 36.7 Å². The van der Waals surface area contributed by atoms with Gasteiger partial charge in [-0.1, -0.05) is 11.6 Å². The molecule has 1 saturated heterocycles. The molecule has 4 rings (SSSR count). The molecule has 0 amide bonds. The summed E-state index contributed by atoms with van der Waals surface area (Å²) in [5.41, 5.74) is 0.806. The fourth-order valence-corrected chi connectivity index (χ4v) is 2.90. The topological polar surface area (TPSA) is 79.7 Å². The maximum atomic E-state index is 13.5. The minimum atomic E-state index is -3.13. The molecule has 30 heavy (non-hydrogen) atoms. The second-order valence-electron chi connectivity index (χ2n) is 6.20. The van der Waals surface area contributed by atoms with E-state index in [0.29, 0.717) is 27.3 Å². The first-order valence-corrected chi connectivity index (χ1v) is 9.25. The largest absolute Gasteiger partial charge is 0.504 e. The lowest BCUT2D eigenvalue weighted by molar-refractivity contribution is 0.0357. The highest BCUT2D eigenvalue weighted by atomic mass is 35.5. The van der Waals surface area contributed by atoms with Crippen LogP contribution >= 0.6 is 11.6 Å². The van der Waals surface area contributed by atoms with Crippen molar-refractivity contribution in [2.45, 2.75) is 6.42 Å². The molecule has 158 valence electrons. The Morgan fingerprint density at radius 2 is 2.10 bits per heavy atom. The smallest absolute Gasteiger partial charge is 0.161 e. The van der Waals surface area contributed by atoms with Gasteiger partial charge in [0.2, 0.25) is 0 Å². The van der Waals surface area contributed by atoms with Crippen LogP contribution in [0, 0.1) is 5.82 Å². The average molecular weight is 441 g/mol. The molecule has 1 aliphatic rings. The van der Waals surface area contributed by atoms with Crippen molar-refractivity contribution < 1.29 is 29.9 Å². The van der Waals surface area contributed by atoms with Gasteiger partial charge in [0, 0.05) is 42.2 Å². The van der Waals surface area contributed by atoms with Crippen molar-refractivity contribution in [1.29, 1.82) is 0 Å². The first-order valence-electron chi connectivity index (χ1n) is 12.9. The average Bonchev–Trinajstić information content (AvgIpc) is 2.80. The fourth-order valence-electron chi connectivity index (χ4n) is 2.72. The number of halogens is 2. The lowest BCUT2D eigenvalue weighted by atomic mass is 10.2. The summed E-state index contributed by atoms with van der Waals surface area (Å²) in [6.07, 6.45) is 1.20. The maximum absolute atomic E-state index is 13.5. The molecule has 0 saturated carbocycles. The second-order valence-corrected chi connectivity index (χ2v) is 6.60. The van der Waals surface area contributed by atoms with Crippen LogP contribution in [0.3, 0.4) is 0 Å². The number of ether oxygens (including phenoxy) is 2. The normalized spacial score (nSPS) is 25.4. The molecule has 1 aromatic heterocycles. The highest BCUT2D eigenvalue weighted by molar-refractivity contribution is 6.31. The molecule has 9 heteroatoms. The van der Waals surface area contributed by atoms with Crippen molar-refractivity contribution in [2.75, 3.05) is 44.6 Å². The molecule has 1 aliphatic heterocycles. The van der Waals surface area contributed by atoms with Gasteiger partial charge in [0.25, 0.3) is 0 Å². The minimum Gasteiger partial charge on any atom is -0.504 e. The van der Waals surface area contributed by atoms with Crippen molar-refractivity contribution >= 4 is 34.0 Å². The van der Waals surface area contributed by atoms with Gasteiger partial charge in [-0.05, 0) is 30.7 Å². The van der Waals surface area contributed by atoms with Crippen LogP contribution in [-0.4, -0.2) is 59.2 Å². The maximum Gasteiger partial charge on any atom is 0.161 e. The zero-order chi connectivity index (χ0) is 28.1. The van der Waals surface area contributed by atoms with Gasteiger partial charge < -0.3 is 19.9 Å². The summed E-state index contributed by atoms with van der Waals surface area (Å²) in [7, 11) is 0. The highest BCUT2D eigenvalue weighted by Gasteiger charge is 2.13. The van der Waals surface area contributed by atoms with Crippen LogP contribution in [0.25, 0.3) is 10.9 Å². The van der Waals surface area contributed by atoms with Gasteiger partial charge in [-0.15, -0.1) is 0 Å². The summed E-state index contributed by atoms with van der Waals surface area (Å²) >= 11 is 5.84. The monoisotopic (exact) mass is 440 g/mol. The Labute approximate surface area is 189 Å². The third kappa shape index (κ3) is 4.89. The number of benzene rings is 2. The molecule has 7 nitrogen and oxygen atoms in total. The number of nitrogens with one attached hydrogen (secondary N) is 1. The van der Waals surface area contributed by atoms with Gasteiger partial charge in [-0.2, -0.15) is 0 Å². The van der Waals surface area contributed by atoms with Crippen LogP contribution in [0.4, 0.5) is 15.9 Å². The minimum absolute atomic E-state index is 0.00569. The number of morpholine rings is 1. The van der Waals surface area contributed by atoms with Crippen LogP contribution < -0.4 is 10.1 Å². The molecule has 0 bridgehead atoms. The molecular weight excluding hydrogens is 411 g/mol. The third-order valence-corrected chi connectivity index (χ3v) is 4.43. The summed E-state index contributed by atoms with van der Waals surface area (Å²) in [5, 5.41) is 13.7. The Bertz CT molecular complexity index is 1340. The van der Waals surface area contributed by atoms with E-state index in [0.717, 1.165) is 0 Å². The summed E-state index contributed by atoms with van der Waals surface area (Å²) in [6.45, 7) is -12.8. The van der Waals surface area contributed by atoms with Crippen molar-refractivity contribution in [2.24, 2.45) is 0 Å². The van der Waals surface area contributed by atoms with E-state index in [1.807, 2.05) is 0 Å². The van der Waals surface area contributed by atoms with Crippen molar-refractivity contribution in [3.63, 3.8) is 0 Å². The number of nitrogens with zero attached hydrogens (tertiary/aromatic N) is 3. The molecule has 0 atom stereocenters. The highest BCUT2D eigenvalue weighted by Crippen LogP contribution is 2.34. The number of aromatic nitrogens is 2. The Kier molecular flexibility index (Phi) is 4.05. The summed E-state index contributed by atoms with van der Waals surface area (Å²) in [6, 6.07) is 6.79. The van der Waals surface area contributed by atoms with Crippen LogP contribution in [0.1, 0.15) is 17.4 Å². The lowest BCUT2D eigenvalue weighted by Gasteiger charge is -2.26. The number of phenols is 1. The molecule has 2 aromatic carbocycles. The van der Waals surface area contributed by atoms with E-state index in [9.17, 15) is 9.50 Å². The molecule has 0 spiro atoms. The Morgan fingerprint density at radius 1 is 1.27 bits per heavy atom. The number of anilines is 2. The summed E-state index contributed by atoms with van der Waals surface area (Å²) in [4.78, 5) is 8.71. The van der Waals surface area contributed by atoms with E-state index < -0.39 is 38.5 Å². The Hall–Kier alpha value is -2.68. The fraction of sp³-hybridized carbons (Fsp3) is 0.333. The zero-order valence-corrected chi connectivity index (χ0v) is 16.2. The van der Waals surface area contributed by atoms with Gasteiger partial charge in [0.1, 0.15) is 18.0 Å². The van der Waals surface area contributed by atoms with Crippen LogP contribution in [0.2, 0.25) is 5.02 Å². The van der Waals surface area contributed by atoms with Gasteiger partial charge in [0.15, 0.2) is 11.5 Å². The van der Waals surface area contributed by atoms with Crippen molar-refractivity contribution in [3.05, 3.63) is 47.5 Å². The first-order chi connectivity index (χ1) is 17.6. The van der Waals surface area contributed by atoms with Crippen LogP contribution in [-0.2, 0) is 4.74 Å². The molecule has 0 unspecified atom stereocenters. The summed E-state index contributed by atoms with van der Waals surface area (Å²) < 4.78 is 86.7. The summed E-state index contributed by atoms with van der Waals surface area (Å²) in [5.74, 6) is -0.541. The van der Waals surface area contributed by atoms with E-state index in [2.05, 4.69) is 20.0 Å². The van der Waals surface area contributed by atoms with Crippen LogP contribution in [0.15, 0.2) is 36.7 Å². The molecule has 2 heterocycles. The predicted molar refractivity (Wildman–Crippen MR) is 113 cm³/mol. The molecule has 0 aliphatic carbocycles. The Morgan fingerprint density at radius 3 is 2.90 bits per heavy atom. The quantitative estimate of drug-likeness (QED) is 0.538. The second kappa shape index (κ2) is 9.42. The number of hydrogen-bond donors (Lipinski definition) is 2. The van der Waals surface area contributed by atoms with Gasteiger partial charge >= 0.3 is 0 Å². The zero-order valence-electron chi connectivity index (χ0n) is 23.4. The van der Waals surface area contributed by atoms with E-state index >= 15 is 0 Å². The molecule has 3 aromatic rings. The third-order valence-electron chi connectivity index (χ3n) is 4.15. The number of rotatable bonds is 7. The van der Waals surface area contributed by atoms with Crippen molar-refractivity contribution in [3.8, 4) is 11.5 Å². The molecule has 2 N–H and O–H groups in total. The first kappa shape index (κ1) is 12.9. The van der Waals surface area contributed by atoms with Crippen LogP contribution in [0.5, 0.6) is 11.5 Å². The Balaban J connectivity index is 1.51. The standard InChI is InChI=1S/C21H22ClFN4O3/c22-16-10-14(2-3-17(16)23)26-21-15-11-20(19(28)12-18(15)24-13-25-21)30-7-1-4-27-5-8-29-9-6-27/h2-3,10-13,28H,1,4-9H2,(H,24,25,26)/i5D2,6D2,8D2,9D2. The number of fused-ring (bicyclic) bond motifs is 1. The van der Waals surface area contributed by atoms with E-state index in [-0.39, 0.29) is 29.5 Å². The number of phenolic OH excluding ortho intramolecular Hbond substituents is 1. The van der Waals surface area contributed by atoms with E-state index in [4.69, 9.17) is 27.3 Å². The number of hydrogen-bond acceptors (Lipinski definition) is 7. The van der Waals surface area contributed by atoms with Gasteiger partial charge in [0.05, 0.1) is 35.7 Å². The van der Waals surface area contributed by atoms with E-state index in [1.54, 1.807) is 0 Å². The van der Waals surface area contributed by atoms with Gasteiger partial charge in [-0.25, -0.2) is 14.4 Å². The lowest BCUT2D eigenvalue weighted by Crippen LogP contribution is -2.37.